The van der Waals surface area contributed by atoms with Crippen molar-refractivity contribution in [2.24, 2.45) is 16.0 Å². The van der Waals surface area contributed by atoms with Crippen molar-refractivity contribution in [2.45, 2.75) is 19.8 Å². The molecule has 0 aliphatic carbocycles. The molecule has 1 unspecified atom stereocenters. The Balaban J connectivity index is 1.97. The summed E-state index contributed by atoms with van der Waals surface area (Å²) < 4.78 is 0. The summed E-state index contributed by atoms with van der Waals surface area (Å²) in [5, 5.41) is 6.90. The Labute approximate surface area is 122 Å². The van der Waals surface area contributed by atoms with E-state index in [0.717, 1.165) is 30.7 Å². The van der Waals surface area contributed by atoms with Gasteiger partial charge in [0.15, 0.2) is 0 Å². The second kappa shape index (κ2) is 5.47. The van der Waals surface area contributed by atoms with Crippen LogP contribution in [0, 0.1) is 5.92 Å². The van der Waals surface area contributed by atoms with Crippen LogP contribution in [0.3, 0.4) is 0 Å². The summed E-state index contributed by atoms with van der Waals surface area (Å²) in [5.41, 5.74) is 5.55. The molecule has 0 bridgehead atoms. The molecule has 108 valence electrons. The molecular formula is C15H16N4O2. The zero-order valence-corrected chi connectivity index (χ0v) is 11.7. The largest absolute Gasteiger partial charge is 0.326 e. The van der Waals surface area contributed by atoms with Gasteiger partial charge in [-0.25, -0.2) is 5.43 Å². The van der Waals surface area contributed by atoms with Crippen LogP contribution in [-0.4, -0.2) is 29.8 Å². The molecule has 0 radical (unpaired) electrons. The average molecular weight is 284 g/mol. The average Bonchev–Trinajstić information content (AvgIpc) is 2.47. The third-order valence-corrected chi connectivity index (χ3v) is 3.56. The van der Waals surface area contributed by atoms with E-state index >= 15 is 0 Å². The molecule has 1 aromatic carbocycles. The quantitative estimate of drug-likeness (QED) is 0.858. The Hall–Kier alpha value is -2.50. The number of nitrogens with zero attached hydrogens (tertiary/aromatic N) is 2. The van der Waals surface area contributed by atoms with E-state index in [1.807, 2.05) is 24.3 Å². The van der Waals surface area contributed by atoms with Gasteiger partial charge in [-0.2, -0.15) is 5.10 Å². The van der Waals surface area contributed by atoms with Crippen molar-refractivity contribution in [3.63, 3.8) is 0 Å². The zero-order chi connectivity index (χ0) is 14.8. The van der Waals surface area contributed by atoms with Gasteiger partial charge in [0.1, 0.15) is 5.71 Å². The number of anilines is 1. The topological polar surface area (TPSA) is 82.9 Å². The summed E-state index contributed by atoms with van der Waals surface area (Å²) in [7, 11) is 0. The zero-order valence-electron chi connectivity index (χ0n) is 11.7. The standard InChI is InChI=1S/C15H16N4O2/c1-9(20)17-11-5-2-4-10(8-11)13-14-12(6-3-7-16-14)15(21)19-18-13/h2,4-5,8,12H,3,6-7H2,1H3,(H,17,20)(H,19,21). The van der Waals surface area contributed by atoms with Gasteiger partial charge in [-0.1, -0.05) is 12.1 Å². The molecule has 0 fully saturated rings. The third-order valence-electron chi connectivity index (χ3n) is 3.56. The fourth-order valence-corrected chi connectivity index (χ4v) is 2.64. The molecule has 6 heteroatoms. The van der Waals surface area contributed by atoms with Crippen molar-refractivity contribution in [1.82, 2.24) is 5.43 Å². The lowest BCUT2D eigenvalue weighted by Gasteiger charge is -2.26. The van der Waals surface area contributed by atoms with Crippen LogP contribution in [0.15, 0.2) is 34.4 Å². The Morgan fingerprint density at radius 3 is 3.10 bits per heavy atom. The Morgan fingerprint density at radius 1 is 1.43 bits per heavy atom. The van der Waals surface area contributed by atoms with E-state index < -0.39 is 0 Å². The van der Waals surface area contributed by atoms with Gasteiger partial charge in [0, 0.05) is 24.7 Å². The first-order chi connectivity index (χ1) is 10.1. The van der Waals surface area contributed by atoms with Crippen molar-refractivity contribution >= 4 is 28.9 Å². The first kappa shape index (κ1) is 13.5. The third kappa shape index (κ3) is 2.69. The minimum absolute atomic E-state index is 0.0878. The second-order valence-corrected chi connectivity index (χ2v) is 5.16. The highest BCUT2D eigenvalue weighted by molar-refractivity contribution is 6.52. The molecule has 3 rings (SSSR count). The van der Waals surface area contributed by atoms with Gasteiger partial charge >= 0.3 is 0 Å². The van der Waals surface area contributed by atoms with E-state index in [-0.39, 0.29) is 17.7 Å². The van der Waals surface area contributed by atoms with Crippen LogP contribution in [0.1, 0.15) is 25.3 Å². The summed E-state index contributed by atoms with van der Waals surface area (Å²) in [4.78, 5) is 27.5. The first-order valence-electron chi connectivity index (χ1n) is 6.95. The maximum absolute atomic E-state index is 11.9. The van der Waals surface area contributed by atoms with Gasteiger partial charge in [0.05, 0.1) is 11.6 Å². The summed E-state index contributed by atoms with van der Waals surface area (Å²) >= 11 is 0. The number of benzene rings is 1. The smallest absolute Gasteiger partial charge is 0.249 e. The molecule has 6 nitrogen and oxygen atoms in total. The highest BCUT2D eigenvalue weighted by Gasteiger charge is 2.33. The van der Waals surface area contributed by atoms with E-state index in [0.29, 0.717) is 11.4 Å². The fraction of sp³-hybridized carbons (Fsp3) is 0.333. The number of hydrazone groups is 1. The monoisotopic (exact) mass is 284 g/mol. The summed E-state index contributed by atoms with van der Waals surface area (Å²) in [6.45, 7) is 2.19. The predicted molar refractivity (Wildman–Crippen MR) is 80.5 cm³/mol. The summed E-state index contributed by atoms with van der Waals surface area (Å²) in [6, 6.07) is 7.40. The molecule has 0 saturated carbocycles. The SMILES string of the molecule is CC(=O)Nc1cccc(C2=NNC(=O)C3CCCN=C23)c1. The number of hydrogen-bond acceptors (Lipinski definition) is 4. The number of nitrogens with one attached hydrogen (secondary N) is 2. The Bertz CT molecular complexity index is 663. The molecule has 2 amide bonds. The van der Waals surface area contributed by atoms with E-state index in [2.05, 4.69) is 20.8 Å². The molecule has 2 aliphatic heterocycles. The van der Waals surface area contributed by atoms with Crippen LogP contribution in [0.4, 0.5) is 5.69 Å². The number of rotatable bonds is 2. The molecule has 0 aromatic heterocycles. The molecule has 2 aliphatic rings. The van der Waals surface area contributed by atoms with E-state index in [1.165, 1.54) is 6.92 Å². The van der Waals surface area contributed by atoms with Gasteiger partial charge in [0.25, 0.3) is 0 Å². The van der Waals surface area contributed by atoms with E-state index in [9.17, 15) is 9.59 Å². The first-order valence-corrected chi connectivity index (χ1v) is 6.95. The molecule has 1 atom stereocenters. The maximum Gasteiger partial charge on any atom is 0.249 e. The minimum Gasteiger partial charge on any atom is -0.326 e. The van der Waals surface area contributed by atoms with Gasteiger partial charge in [-0.05, 0) is 25.0 Å². The van der Waals surface area contributed by atoms with E-state index in [1.54, 1.807) is 0 Å². The number of amides is 2. The van der Waals surface area contributed by atoms with Crippen LogP contribution in [-0.2, 0) is 9.59 Å². The molecule has 2 N–H and O–H groups in total. The molecule has 2 heterocycles. The van der Waals surface area contributed by atoms with Crippen LogP contribution < -0.4 is 10.7 Å². The van der Waals surface area contributed by atoms with Crippen molar-refractivity contribution < 1.29 is 9.59 Å². The number of carbonyl (C=O) groups excluding carboxylic acids is 2. The molecule has 0 saturated heterocycles. The van der Waals surface area contributed by atoms with Gasteiger partial charge < -0.3 is 5.32 Å². The van der Waals surface area contributed by atoms with Crippen molar-refractivity contribution in [3.05, 3.63) is 29.8 Å². The summed E-state index contributed by atoms with van der Waals surface area (Å²) in [6.07, 6.45) is 1.72. The number of fused-ring (bicyclic) bond motifs is 1. The summed E-state index contributed by atoms with van der Waals surface area (Å²) in [5.74, 6) is -0.426. The highest BCUT2D eigenvalue weighted by Crippen LogP contribution is 2.23. The molecular weight excluding hydrogens is 268 g/mol. The molecule has 1 aromatic rings. The van der Waals surface area contributed by atoms with Gasteiger partial charge in [0.2, 0.25) is 11.8 Å². The van der Waals surface area contributed by atoms with Crippen LogP contribution in [0.5, 0.6) is 0 Å². The number of aliphatic imine (C=N–C) groups is 1. The normalized spacial score (nSPS) is 20.8. The lowest BCUT2D eigenvalue weighted by atomic mass is 9.87. The van der Waals surface area contributed by atoms with Crippen LogP contribution >= 0.6 is 0 Å². The molecule has 0 spiro atoms. The lowest BCUT2D eigenvalue weighted by molar-refractivity contribution is -0.123. The second-order valence-electron chi connectivity index (χ2n) is 5.16. The van der Waals surface area contributed by atoms with Crippen molar-refractivity contribution in [1.29, 1.82) is 0 Å². The van der Waals surface area contributed by atoms with Gasteiger partial charge in [-0.3, -0.25) is 14.6 Å². The Kier molecular flexibility index (Phi) is 3.51. The van der Waals surface area contributed by atoms with Crippen LogP contribution in [0.25, 0.3) is 0 Å². The van der Waals surface area contributed by atoms with E-state index in [4.69, 9.17) is 0 Å². The minimum atomic E-state index is -0.212. The van der Waals surface area contributed by atoms with Crippen molar-refractivity contribution in [3.8, 4) is 0 Å². The van der Waals surface area contributed by atoms with Gasteiger partial charge in [-0.15, -0.1) is 0 Å². The van der Waals surface area contributed by atoms with Crippen LogP contribution in [0.2, 0.25) is 0 Å². The Morgan fingerprint density at radius 2 is 2.29 bits per heavy atom. The highest BCUT2D eigenvalue weighted by atomic mass is 16.2. The molecule has 21 heavy (non-hydrogen) atoms. The number of hydrogen-bond donors (Lipinski definition) is 2. The number of carbonyl (C=O) groups is 2. The fourth-order valence-electron chi connectivity index (χ4n) is 2.64. The predicted octanol–water partition coefficient (Wildman–Crippen LogP) is 1.33. The lowest BCUT2D eigenvalue weighted by Crippen LogP contribution is -2.44. The van der Waals surface area contributed by atoms with Crippen molar-refractivity contribution in [2.75, 3.05) is 11.9 Å². The maximum atomic E-state index is 11.9.